The second kappa shape index (κ2) is 5.42. The molecule has 5 nitrogen and oxygen atoms in total. The Morgan fingerprint density at radius 1 is 1.10 bits per heavy atom. The summed E-state index contributed by atoms with van der Waals surface area (Å²) in [6.45, 7) is 1.14. The SMILES string of the molecule is NC(=O)c1ccccc1S(=O)(=O)N1CC2CCCCC2C1. The molecule has 1 aromatic carbocycles. The molecule has 114 valence electrons. The summed E-state index contributed by atoms with van der Waals surface area (Å²) in [7, 11) is -3.64. The number of hydrogen-bond acceptors (Lipinski definition) is 3. The Labute approximate surface area is 125 Å². The fourth-order valence-electron chi connectivity index (χ4n) is 3.59. The topological polar surface area (TPSA) is 80.5 Å². The fourth-order valence-corrected chi connectivity index (χ4v) is 5.34. The van der Waals surface area contributed by atoms with E-state index in [9.17, 15) is 13.2 Å². The van der Waals surface area contributed by atoms with Crippen LogP contribution in [0.5, 0.6) is 0 Å². The Bertz CT molecular complexity index is 643. The minimum absolute atomic E-state index is 0.0381. The van der Waals surface area contributed by atoms with Crippen molar-refractivity contribution in [2.24, 2.45) is 17.6 Å². The zero-order valence-corrected chi connectivity index (χ0v) is 12.7. The van der Waals surface area contributed by atoms with Crippen LogP contribution >= 0.6 is 0 Å². The van der Waals surface area contributed by atoms with Gasteiger partial charge in [-0.2, -0.15) is 4.31 Å². The molecule has 0 bridgehead atoms. The summed E-state index contributed by atoms with van der Waals surface area (Å²) in [6.07, 6.45) is 4.59. The van der Waals surface area contributed by atoms with E-state index in [-0.39, 0.29) is 10.5 Å². The highest BCUT2D eigenvalue weighted by Gasteiger charge is 2.40. The van der Waals surface area contributed by atoms with E-state index in [0.29, 0.717) is 24.9 Å². The number of benzene rings is 1. The van der Waals surface area contributed by atoms with Crippen LogP contribution in [0.4, 0.5) is 0 Å². The second-order valence-electron chi connectivity index (χ2n) is 5.99. The van der Waals surface area contributed by atoms with Gasteiger partial charge in [0.1, 0.15) is 0 Å². The maximum absolute atomic E-state index is 12.8. The molecule has 1 saturated carbocycles. The van der Waals surface area contributed by atoms with Crippen LogP contribution < -0.4 is 5.73 Å². The van der Waals surface area contributed by atoms with E-state index < -0.39 is 15.9 Å². The summed E-state index contributed by atoms with van der Waals surface area (Å²) in [6, 6.07) is 6.20. The van der Waals surface area contributed by atoms with Crippen LogP contribution in [0.25, 0.3) is 0 Å². The largest absolute Gasteiger partial charge is 0.366 e. The number of carbonyl (C=O) groups is 1. The van der Waals surface area contributed by atoms with Crippen molar-refractivity contribution in [2.45, 2.75) is 30.6 Å². The number of nitrogens with two attached hydrogens (primary N) is 1. The van der Waals surface area contributed by atoms with E-state index in [2.05, 4.69) is 0 Å². The van der Waals surface area contributed by atoms with E-state index in [1.54, 1.807) is 12.1 Å². The highest BCUT2D eigenvalue weighted by atomic mass is 32.2. The van der Waals surface area contributed by atoms with Crippen molar-refractivity contribution in [3.05, 3.63) is 29.8 Å². The molecule has 0 radical (unpaired) electrons. The lowest BCUT2D eigenvalue weighted by molar-refractivity contribution is 0.0997. The van der Waals surface area contributed by atoms with Crippen molar-refractivity contribution in [1.82, 2.24) is 4.31 Å². The molecule has 1 heterocycles. The first-order valence-electron chi connectivity index (χ1n) is 7.39. The summed E-state index contributed by atoms with van der Waals surface area (Å²) < 4.78 is 27.2. The van der Waals surface area contributed by atoms with Crippen LogP contribution in [0.3, 0.4) is 0 Å². The Hall–Kier alpha value is -1.40. The van der Waals surface area contributed by atoms with Gasteiger partial charge in [0.05, 0.1) is 10.5 Å². The molecule has 2 unspecified atom stereocenters. The van der Waals surface area contributed by atoms with Crippen molar-refractivity contribution < 1.29 is 13.2 Å². The quantitative estimate of drug-likeness (QED) is 0.921. The number of fused-ring (bicyclic) bond motifs is 1. The van der Waals surface area contributed by atoms with E-state index in [4.69, 9.17) is 5.73 Å². The van der Waals surface area contributed by atoms with Gasteiger partial charge in [0, 0.05) is 13.1 Å². The van der Waals surface area contributed by atoms with E-state index in [1.807, 2.05) is 0 Å². The molecule has 2 aliphatic rings. The van der Waals surface area contributed by atoms with E-state index in [1.165, 1.54) is 29.3 Å². The number of hydrogen-bond donors (Lipinski definition) is 1. The van der Waals surface area contributed by atoms with E-state index in [0.717, 1.165) is 12.8 Å². The van der Waals surface area contributed by atoms with Gasteiger partial charge in [-0.15, -0.1) is 0 Å². The molecule has 6 heteroatoms. The minimum Gasteiger partial charge on any atom is -0.366 e. The smallest absolute Gasteiger partial charge is 0.250 e. The van der Waals surface area contributed by atoms with Crippen LogP contribution in [0.2, 0.25) is 0 Å². The number of carbonyl (C=O) groups excluding carboxylic acids is 1. The Morgan fingerprint density at radius 2 is 1.67 bits per heavy atom. The third-order valence-corrected chi connectivity index (χ3v) is 6.60. The summed E-state index contributed by atoms with van der Waals surface area (Å²) in [4.78, 5) is 11.5. The predicted molar refractivity (Wildman–Crippen MR) is 79.2 cm³/mol. The minimum atomic E-state index is -3.64. The maximum atomic E-state index is 12.8. The average molecular weight is 308 g/mol. The van der Waals surface area contributed by atoms with Crippen LogP contribution in [0, 0.1) is 11.8 Å². The molecule has 1 aliphatic carbocycles. The summed E-state index contributed by atoms with van der Waals surface area (Å²) >= 11 is 0. The molecule has 1 aromatic rings. The molecule has 1 aliphatic heterocycles. The number of primary amides is 1. The van der Waals surface area contributed by atoms with Gasteiger partial charge < -0.3 is 5.73 Å². The van der Waals surface area contributed by atoms with Gasteiger partial charge in [0.25, 0.3) is 0 Å². The van der Waals surface area contributed by atoms with Crippen molar-refractivity contribution >= 4 is 15.9 Å². The molecule has 1 saturated heterocycles. The number of sulfonamides is 1. The lowest BCUT2D eigenvalue weighted by Gasteiger charge is -2.22. The van der Waals surface area contributed by atoms with Gasteiger partial charge in [0.15, 0.2) is 0 Å². The number of amides is 1. The number of rotatable bonds is 3. The first-order chi connectivity index (χ1) is 10.00. The highest BCUT2D eigenvalue weighted by molar-refractivity contribution is 7.89. The molecular weight excluding hydrogens is 288 g/mol. The fraction of sp³-hybridized carbons (Fsp3) is 0.533. The molecule has 2 N–H and O–H groups in total. The van der Waals surface area contributed by atoms with Crippen LogP contribution in [-0.4, -0.2) is 31.7 Å². The predicted octanol–water partition coefficient (Wildman–Crippen LogP) is 1.60. The maximum Gasteiger partial charge on any atom is 0.250 e. The van der Waals surface area contributed by atoms with Gasteiger partial charge in [-0.25, -0.2) is 8.42 Å². The Morgan fingerprint density at radius 3 is 2.24 bits per heavy atom. The third kappa shape index (κ3) is 2.58. The highest BCUT2D eigenvalue weighted by Crippen LogP contribution is 2.38. The molecule has 1 amide bonds. The lowest BCUT2D eigenvalue weighted by atomic mass is 9.82. The van der Waals surface area contributed by atoms with Crippen molar-refractivity contribution in [2.75, 3.05) is 13.1 Å². The lowest BCUT2D eigenvalue weighted by Crippen LogP contribution is -2.31. The molecule has 0 spiro atoms. The van der Waals surface area contributed by atoms with Gasteiger partial charge in [0.2, 0.25) is 15.9 Å². The summed E-state index contributed by atoms with van der Waals surface area (Å²) in [5, 5.41) is 0. The van der Waals surface area contributed by atoms with Gasteiger partial charge in [-0.3, -0.25) is 4.79 Å². The molecule has 0 aromatic heterocycles. The first-order valence-corrected chi connectivity index (χ1v) is 8.83. The zero-order valence-electron chi connectivity index (χ0n) is 11.9. The molecule has 3 rings (SSSR count). The van der Waals surface area contributed by atoms with Crippen LogP contribution in [0.1, 0.15) is 36.0 Å². The monoisotopic (exact) mass is 308 g/mol. The van der Waals surface area contributed by atoms with Crippen LogP contribution in [0.15, 0.2) is 29.2 Å². The normalized spacial score (nSPS) is 26.5. The molecule has 2 fully saturated rings. The third-order valence-electron chi connectivity index (χ3n) is 4.71. The second-order valence-corrected chi connectivity index (χ2v) is 7.89. The molecule has 21 heavy (non-hydrogen) atoms. The Kier molecular flexibility index (Phi) is 3.75. The van der Waals surface area contributed by atoms with Gasteiger partial charge in [-0.1, -0.05) is 25.0 Å². The van der Waals surface area contributed by atoms with Gasteiger partial charge in [-0.05, 0) is 36.8 Å². The van der Waals surface area contributed by atoms with Crippen molar-refractivity contribution in [3.63, 3.8) is 0 Å². The standard InChI is InChI=1S/C15H20N2O3S/c16-15(18)13-7-3-4-8-14(13)21(19,20)17-9-11-5-1-2-6-12(11)10-17/h3-4,7-8,11-12H,1-2,5-6,9-10H2,(H2,16,18). The number of nitrogens with zero attached hydrogens (tertiary/aromatic N) is 1. The Balaban J connectivity index is 1.93. The summed E-state index contributed by atoms with van der Waals surface area (Å²) in [5.41, 5.74) is 5.38. The van der Waals surface area contributed by atoms with Gasteiger partial charge >= 0.3 is 0 Å². The van der Waals surface area contributed by atoms with E-state index >= 15 is 0 Å². The summed E-state index contributed by atoms with van der Waals surface area (Å²) in [5.74, 6) is 0.231. The zero-order chi connectivity index (χ0) is 15.0. The van der Waals surface area contributed by atoms with Crippen molar-refractivity contribution in [3.8, 4) is 0 Å². The molecular formula is C15H20N2O3S. The molecule has 2 atom stereocenters. The van der Waals surface area contributed by atoms with Crippen molar-refractivity contribution in [1.29, 1.82) is 0 Å². The first kappa shape index (κ1) is 14.5. The van der Waals surface area contributed by atoms with Crippen LogP contribution in [-0.2, 0) is 10.0 Å². The average Bonchev–Trinajstić information content (AvgIpc) is 2.92.